The molecule has 10 heteroatoms. The molecule has 0 atom stereocenters. The Hall–Kier alpha value is -3.27. The third-order valence-electron chi connectivity index (χ3n) is 5.25. The summed E-state index contributed by atoms with van der Waals surface area (Å²) in [4.78, 5) is 0.780. The molecular weight excluding hydrogens is 468 g/mol. The molecule has 1 aliphatic heterocycles. The van der Waals surface area contributed by atoms with Gasteiger partial charge in [0.2, 0.25) is 9.84 Å². The van der Waals surface area contributed by atoms with E-state index in [1.807, 2.05) is 0 Å². The summed E-state index contributed by atoms with van der Waals surface area (Å²) in [5.41, 5.74) is -2.99. The van der Waals surface area contributed by atoms with Crippen LogP contribution < -0.4 is 4.90 Å². The zero-order chi connectivity index (χ0) is 24.2. The number of sulfone groups is 1. The summed E-state index contributed by atoms with van der Waals surface area (Å²) in [6.07, 6.45) is -10.1. The molecule has 0 aliphatic carbocycles. The lowest BCUT2D eigenvalue weighted by atomic mass is 10.0. The Labute approximate surface area is 185 Å². The zero-order valence-electron chi connectivity index (χ0n) is 16.9. The minimum absolute atomic E-state index is 0.00995. The van der Waals surface area contributed by atoms with Crippen molar-refractivity contribution >= 4 is 26.1 Å². The van der Waals surface area contributed by atoms with Crippen LogP contribution in [0.1, 0.15) is 22.3 Å². The number of alkyl halides is 6. The van der Waals surface area contributed by atoms with Gasteiger partial charge in [-0.2, -0.15) is 26.3 Å². The van der Waals surface area contributed by atoms with Crippen LogP contribution in [0.4, 0.5) is 32.0 Å². The second kappa shape index (κ2) is 7.65. The number of anilines is 1. The maximum Gasteiger partial charge on any atom is 0.416 e. The molecule has 33 heavy (non-hydrogen) atoms. The Morgan fingerprint density at radius 1 is 0.727 bits per heavy atom. The molecule has 3 aromatic carbocycles. The molecule has 0 saturated carbocycles. The average Bonchev–Trinajstić information content (AvgIpc) is 2.99. The van der Waals surface area contributed by atoms with E-state index in [9.17, 15) is 34.8 Å². The fourth-order valence-corrected chi connectivity index (χ4v) is 5.61. The highest BCUT2D eigenvalue weighted by atomic mass is 32.2. The molecule has 0 spiro atoms. The molecular formula is C23H15F6NO2S. The normalized spacial score (nSPS) is 15.5. The first kappa shape index (κ1) is 22.9. The number of hydrogen-bond donors (Lipinski definition) is 0. The number of rotatable bonds is 3. The summed E-state index contributed by atoms with van der Waals surface area (Å²) in [5.74, 6) is 0. The number of nitrogens with zero attached hydrogens (tertiary/aromatic N) is 1. The number of halogens is 6. The largest absolute Gasteiger partial charge is 0.416 e. The first-order valence-corrected chi connectivity index (χ1v) is 11.0. The van der Waals surface area contributed by atoms with Gasteiger partial charge in [-0.25, -0.2) is 8.42 Å². The van der Waals surface area contributed by atoms with E-state index in [-0.39, 0.29) is 32.7 Å². The summed E-state index contributed by atoms with van der Waals surface area (Å²) in [6, 6.07) is 14.9. The first-order valence-electron chi connectivity index (χ1n) is 9.49. The highest BCUT2D eigenvalue weighted by Crippen LogP contribution is 2.47. The van der Waals surface area contributed by atoms with E-state index >= 15 is 0 Å². The van der Waals surface area contributed by atoms with Crippen molar-refractivity contribution in [3.05, 3.63) is 95.1 Å². The van der Waals surface area contributed by atoms with Gasteiger partial charge < -0.3 is 4.90 Å². The molecule has 0 fully saturated rings. The Morgan fingerprint density at radius 2 is 1.24 bits per heavy atom. The summed E-state index contributed by atoms with van der Waals surface area (Å²) >= 11 is 0. The summed E-state index contributed by atoms with van der Waals surface area (Å²) in [5, 5.41) is 0. The van der Waals surface area contributed by atoms with E-state index in [4.69, 9.17) is 0 Å². The predicted molar refractivity (Wildman–Crippen MR) is 112 cm³/mol. The second-order valence-corrected chi connectivity index (χ2v) is 9.22. The van der Waals surface area contributed by atoms with Gasteiger partial charge in [0, 0.05) is 18.3 Å². The molecule has 0 bridgehead atoms. The van der Waals surface area contributed by atoms with Crippen molar-refractivity contribution in [1.29, 1.82) is 0 Å². The molecule has 0 aromatic heterocycles. The van der Waals surface area contributed by atoms with Gasteiger partial charge in [0.15, 0.2) is 0 Å². The quantitative estimate of drug-likeness (QED) is 0.401. The molecule has 1 aliphatic rings. The van der Waals surface area contributed by atoms with E-state index in [2.05, 4.69) is 0 Å². The minimum Gasteiger partial charge on any atom is -0.343 e. The molecule has 3 aromatic rings. The van der Waals surface area contributed by atoms with Gasteiger partial charge in [-0.15, -0.1) is 0 Å². The van der Waals surface area contributed by atoms with Gasteiger partial charge in [0.25, 0.3) is 0 Å². The van der Waals surface area contributed by atoms with Crippen molar-refractivity contribution in [1.82, 2.24) is 0 Å². The van der Waals surface area contributed by atoms with Crippen LogP contribution in [0.25, 0.3) is 10.6 Å². The van der Waals surface area contributed by atoms with Crippen LogP contribution in [0, 0.1) is 0 Å². The van der Waals surface area contributed by atoms with Crippen molar-refractivity contribution in [2.24, 2.45) is 0 Å². The van der Waals surface area contributed by atoms with Crippen LogP contribution >= 0.6 is 0 Å². The molecule has 4 rings (SSSR count). The Bertz CT molecular complexity index is 1330. The molecule has 172 valence electrons. The summed E-state index contributed by atoms with van der Waals surface area (Å²) in [7, 11) is -2.84. The zero-order valence-corrected chi connectivity index (χ0v) is 17.7. The standard InChI is InChI=1S/C23H15F6NO2S/c1-30(17-12-15(22(24,25)26)11-16(13-17)23(27,28)29)20-18-9-5-6-10-19(18)33(31,32)21(20)14-7-3-2-4-8-14/h2-13H,1H3. The van der Waals surface area contributed by atoms with Gasteiger partial charge in [-0.1, -0.05) is 48.5 Å². The number of hydrogen-bond acceptors (Lipinski definition) is 3. The molecule has 0 N–H and O–H groups in total. The van der Waals surface area contributed by atoms with Gasteiger partial charge >= 0.3 is 12.4 Å². The van der Waals surface area contributed by atoms with Crippen LogP contribution in [-0.2, 0) is 22.2 Å². The van der Waals surface area contributed by atoms with Crippen molar-refractivity contribution in [2.75, 3.05) is 11.9 Å². The fourth-order valence-electron chi connectivity index (χ4n) is 3.73. The molecule has 0 amide bonds. The molecule has 0 radical (unpaired) electrons. The molecule has 1 heterocycles. The highest BCUT2D eigenvalue weighted by molar-refractivity contribution is 8.01. The smallest absolute Gasteiger partial charge is 0.343 e. The van der Waals surface area contributed by atoms with Crippen LogP contribution in [-0.4, -0.2) is 15.5 Å². The maximum absolute atomic E-state index is 13.4. The van der Waals surface area contributed by atoms with Crippen LogP contribution in [0.3, 0.4) is 0 Å². The lowest BCUT2D eigenvalue weighted by Crippen LogP contribution is -2.19. The van der Waals surface area contributed by atoms with E-state index in [0.717, 1.165) is 4.90 Å². The third kappa shape index (κ3) is 3.99. The number of benzene rings is 3. The SMILES string of the molecule is CN(C1=C(c2ccccc2)S(=O)(=O)c2ccccc21)c1cc(C(F)(F)F)cc(C(F)(F)F)c1. The monoisotopic (exact) mass is 483 g/mol. The first-order chi connectivity index (χ1) is 15.3. The van der Waals surface area contributed by atoms with Crippen LogP contribution in [0.5, 0.6) is 0 Å². The molecule has 3 nitrogen and oxygen atoms in total. The Morgan fingerprint density at radius 3 is 1.79 bits per heavy atom. The molecule has 0 unspecified atom stereocenters. The summed E-state index contributed by atoms with van der Waals surface area (Å²) < 4.78 is 107. The Balaban J connectivity index is 2.02. The Kier molecular flexibility index (Phi) is 5.31. The van der Waals surface area contributed by atoms with Gasteiger partial charge in [0.1, 0.15) is 4.91 Å². The van der Waals surface area contributed by atoms with Gasteiger partial charge in [0.05, 0.1) is 21.7 Å². The lowest BCUT2D eigenvalue weighted by Gasteiger charge is -2.25. The maximum atomic E-state index is 13.4. The molecule has 0 saturated heterocycles. The topological polar surface area (TPSA) is 37.4 Å². The van der Waals surface area contributed by atoms with Gasteiger partial charge in [-0.05, 0) is 29.8 Å². The average molecular weight is 483 g/mol. The van der Waals surface area contributed by atoms with Crippen molar-refractivity contribution in [3.8, 4) is 0 Å². The third-order valence-corrected chi connectivity index (χ3v) is 7.15. The van der Waals surface area contributed by atoms with E-state index in [0.29, 0.717) is 12.1 Å². The predicted octanol–water partition coefficient (Wildman–Crippen LogP) is 6.47. The van der Waals surface area contributed by atoms with Crippen LogP contribution in [0.15, 0.2) is 77.7 Å². The van der Waals surface area contributed by atoms with E-state index in [1.165, 1.54) is 37.4 Å². The van der Waals surface area contributed by atoms with Crippen LogP contribution in [0.2, 0.25) is 0 Å². The van der Waals surface area contributed by atoms with E-state index < -0.39 is 39.0 Å². The van der Waals surface area contributed by atoms with E-state index in [1.54, 1.807) is 24.3 Å². The van der Waals surface area contributed by atoms with Crippen molar-refractivity contribution in [2.45, 2.75) is 17.2 Å². The number of fused-ring (bicyclic) bond motifs is 1. The highest BCUT2D eigenvalue weighted by Gasteiger charge is 2.40. The van der Waals surface area contributed by atoms with Crippen molar-refractivity contribution < 1.29 is 34.8 Å². The minimum atomic E-state index is -5.03. The summed E-state index contributed by atoms with van der Waals surface area (Å²) in [6.45, 7) is 0. The second-order valence-electron chi connectivity index (χ2n) is 7.37. The lowest BCUT2D eigenvalue weighted by molar-refractivity contribution is -0.143. The van der Waals surface area contributed by atoms with Crippen molar-refractivity contribution in [3.63, 3.8) is 0 Å². The van der Waals surface area contributed by atoms with Gasteiger partial charge in [-0.3, -0.25) is 0 Å². The fraction of sp³-hybridized carbons (Fsp3) is 0.130.